The number of amides is 1. The van der Waals surface area contributed by atoms with Crippen LogP contribution in [-0.2, 0) is 11.2 Å². The standard InChI is InChI=1S/C8H10BrNOS/c9-7-5-12-4-6(7)2-1-3-8(10)11/h4-5H,1-3H2,(H2,10,11). The topological polar surface area (TPSA) is 43.1 Å². The number of hydrogen-bond acceptors (Lipinski definition) is 2. The lowest BCUT2D eigenvalue weighted by atomic mass is 10.1. The van der Waals surface area contributed by atoms with Crippen molar-refractivity contribution in [1.29, 1.82) is 0 Å². The molecule has 2 nitrogen and oxygen atoms in total. The highest BCUT2D eigenvalue weighted by Crippen LogP contribution is 2.22. The van der Waals surface area contributed by atoms with Crippen LogP contribution in [0.1, 0.15) is 18.4 Å². The van der Waals surface area contributed by atoms with Crippen molar-refractivity contribution >= 4 is 33.2 Å². The summed E-state index contributed by atoms with van der Waals surface area (Å²) in [6, 6.07) is 0. The first-order chi connectivity index (χ1) is 5.70. The molecule has 0 aliphatic heterocycles. The van der Waals surface area contributed by atoms with E-state index in [9.17, 15) is 4.79 Å². The fraction of sp³-hybridized carbons (Fsp3) is 0.375. The van der Waals surface area contributed by atoms with Crippen molar-refractivity contribution in [3.8, 4) is 0 Å². The molecule has 1 aromatic rings. The molecule has 1 rings (SSSR count). The Kier molecular flexibility index (Phi) is 3.75. The molecule has 12 heavy (non-hydrogen) atoms. The summed E-state index contributed by atoms with van der Waals surface area (Å²) in [5.74, 6) is -0.221. The van der Waals surface area contributed by atoms with Crippen LogP contribution in [0.15, 0.2) is 15.2 Å². The molecule has 0 fully saturated rings. The second kappa shape index (κ2) is 4.62. The van der Waals surface area contributed by atoms with E-state index in [2.05, 4.69) is 21.3 Å². The van der Waals surface area contributed by atoms with Gasteiger partial charge in [0.2, 0.25) is 5.91 Å². The van der Waals surface area contributed by atoms with Gasteiger partial charge in [-0.3, -0.25) is 4.79 Å². The van der Waals surface area contributed by atoms with Gasteiger partial charge in [-0.1, -0.05) is 0 Å². The van der Waals surface area contributed by atoms with Crippen LogP contribution in [0.2, 0.25) is 0 Å². The Bertz CT molecular complexity index is 272. The van der Waals surface area contributed by atoms with Gasteiger partial charge in [-0.05, 0) is 39.7 Å². The predicted octanol–water partition coefficient (Wildman–Crippen LogP) is 2.32. The number of rotatable bonds is 4. The molecule has 0 radical (unpaired) electrons. The minimum atomic E-state index is -0.221. The first kappa shape index (κ1) is 9.74. The Hall–Kier alpha value is -0.350. The lowest BCUT2D eigenvalue weighted by molar-refractivity contribution is -0.118. The molecule has 2 N–H and O–H groups in total. The molecular weight excluding hydrogens is 238 g/mol. The van der Waals surface area contributed by atoms with Crippen molar-refractivity contribution in [2.45, 2.75) is 19.3 Å². The monoisotopic (exact) mass is 247 g/mol. The molecule has 1 aromatic heterocycles. The molecule has 0 spiro atoms. The summed E-state index contributed by atoms with van der Waals surface area (Å²) >= 11 is 5.09. The summed E-state index contributed by atoms with van der Waals surface area (Å²) in [7, 11) is 0. The van der Waals surface area contributed by atoms with Crippen molar-refractivity contribution in [3.05, 3.63) is 20.8 Å². The third kappa shape index (κ3) is 2.95. The molecule has 0 saturated heterocycles. The van der Waals surface area contributed by atoms with E-state index in [1.54, 1.807) is 11.3 Å². The highest BCUT2D eigenvalue weighted by Gasteiger charge is 2.01. The first-order valence-electron chi connectivity index (χ1n) is 3.69. The third-order valence-corrected chi connectivity index (χ3v) is 3.39. The molecule has 0 unspecified atom stereocenters. The lowest BCUT2D eigenvalue weighted by Crippen LogP contribution is -2.10. The normalized spacial score (nSPS) is 10.1. The van der Waals surface area contributed by atoms with Gasteiger partial charge < -0.3 is 5.73 Å². The molecule has 0 aliphatic rings. The largest absolute Gasteiger partial charge is 0.370 e. The Morgan fingerprint density at radius 3 is 2.83 bits per heavy atom. The van der Waals surface area contributed by atoms with Gasteiger partial charge >= 0.3 is 0 Å². The number of hydrogen-bond donors (Lipinski definition) is 1. The molecular formula is C8H10BrNOS. The van der Waals surface area contributed by atoms with Gasteiger partial charge in [-0.25, -0.2) is 0 Å². The van der Waals surface area contributed by atoms with Crippen LogP contribution in [0.5, 0.6) is 0 Å². The fourth-order valence-corrected chi connectivity index (χ4v) is 2.48. The third-order valence-electron chi connectivity index (χ3n) is 1.56. The molecule has 0 saturated carbocycles. The van der Waals surface area contributed by atoms with E-state index >= 15 is 0 Å². The minimum Gasteiger partial charge on any atom is -0.370 e. The summed E-state index contributed by atoms with van der Waals surface area (Å²) in [5, 5.41) is 4.13. The highest BCUT2D eigenvalue weighted by molar-refractivity contribution is 9.10. The van der Waals surface area contributed by atoms with Crippen LogP contribution in [0, 0.1) is 0 Å². The number of carbonyl (C=O) groups is 1. The van der Waals surface area contributed by atoms with E-state index in [4.69, 9.17) is 5.73 Å². The molecule has 1 amide bonds. The zero-order valence-electron chi connectivity index (χ0n) is 6.55. The molecule has 0 aromatic carbocycles. The van der Waals surface area contributed by atoms with Gasteiger partial charge in [0.25, 0.3) is 0 Å². The maximum absolute atomic E-state index is 10.4. The van der Waals surface area contributed by atoms with Crippen LogP contribution in [0.25, 0.3) is 0 Å². The molecule has 0 bridgehead atoms. The number of halogens is 1. The number of primary amides is 1. The molecule has 0 aliphatic carbocycles. The van der Waals surface area contributed by atoms with Crippen LogP contribution in [0.4, 0.5) is 0 Å². The van der Waals surface area contributed by atoms with Gasteiger partial charge in [0, 0.05) is 16.3 Å². The van der Waals surface area contributed by atoms with Gasteiger partial charge in [-0.15, -0.1) is 0 Å². The fourth-order valence-electron chi connectivity index (χ4n) is 0.939. The summed E-state index contributed by atoms with van der Waals surface area (Å²) < 4.78 is 1.14. The smallest absolute Gasteiger partial charge is 0.217 e. The van der Waals surface area contributed by atoms with Gasteiger partial charge in [0.1, 0.15) is 0 Å². The van der Waals surface area contributed by atoms with Crippen LogP contribution in [-0.4, -0.2) is 5.91 Å². The molecule has 1 heterocycles. The average molecular weight is 248 g/mol. The predicted molar refractivity (Wildman–Crippen MR) is 54.2 cm³/mol. The van der Waals surface area contributed by atoms with E-state index in [0.29, 0.717) is 6.42 Å². The van der Waals surface area contributed by atoms with Crippen molar-refractivity contribution in [1.82, 2.24) is 0 Å². The van der Waals surface area contributed by atoms with E-state index < -0.39 is 0 Å². The van der Waals surface area contributed by atoms with Crippen LogP contribution in [0.3, 0.4) is 0 Å². The summed E-state index contributed by atoms with van der Waals surface area (Å²) in [5.41, 5.74) is 6.29. The molecule has 66 valence electrons. The zero-order chi connectivity index (χ0) is 8.97. The van der Waals surface area contributed by atoms with E-state index in [1.165, 1.54) is 5.56 Å². The zero-order valence-corrected chi connectivity index (χ0v) is 8.95. The Labute approximate surface area is 83.9 Å². The number of aryl methyl sites for hydroxylation is 1. The Morgan fingerprint density at radius 2 is 2.33 bits per heavy atom. The Morgan fingerprint density at radius 1 is 1.58 bits per heavy atom. The molecule has 0 atom stereocenters. The molecule has 4 heteroatoms. The Balaban J connectivity index is 2.33. The van der Waals surface area contributed by atoms with Crippen molar-refractivity contribution < 1.29 is 4.79 Å². The number of nitrogens with two attached hydrogens (primary N) is 1. The first-order valence-corrected chi connectivity index (χ1v) is 5.42. The van der Waals surface area contributed by atoms with Gasteiger partial charge in [0.05, 0.1) is 0 Å². The van der Waals surface area contributed by atoms with Crippen molar-refractivity contribution in [3.63, 3.8) is 0 Å². The maximum atomic E-state index is 10.4. The van der Waals surface area contributed by atoms with Crippen LogP contribution < -0.4 is 5.73 Å². The second-order valence-corrected chi connectivity index (χ2v) is 4.16. The average Bonchev–Trinajstić information content (AvgIpc) is 2.36. The summed E-state index contributed by atoms with van der Waals surface area (Å²) in [4.78, 5) is 10.4. The van der Waals surface area contributed by atoms with E-state index in [-0.39, 0.29) is 5.91 Å². The van der Waals surface area contributed by atoms with Gasteiger partial charge in [0.15, 0.2) is 0 Å². The van der Waals surface area contributed by atoms with Gasteiger partial charge in [-0.2, -0.15) is 11.3 Å². The SMILES string of the molecule is NC(=O)CCCc1cscc1Br. The van der Waals surface area contributed by atoms with Crippen molar-refractivity contribution in [2.24, 2.45) is 5.73 Å². The lowest BCUT2D eigenvalue weighted by Gasteiger charge is -1.96. The summed E-state index contributed by atoms with van der Waals surface area (Å²) in [6.45, 7) is 0. The van der Waals surface area contributed by atoms with E-state index in [0.717, 1.165) is 17.3 Å². The quantitative estimate of drug-likeness (QED) is 0.872. The summed E-state index contributed by atoms with van der Waals surface area (Å²) in [6.07, 6.45) is 2.24. The van der Waals surface area contributed by atoms with E-state index in [1.807, 2.05) is 5.38 Å². The minimum absolute atomic E-state index is 0.221. The number of carbonyl (C=O) groups excluding carboxylic acids is 1. The van der Waals surface area contributed by atoms with Crippen LogP contribution >= 0.6 is 27.3 Å². The maximum Gasteiger partial charge on any atom is 0.217 e. The number of thiophene rings is 1. The van der Waals surface area contributed by atoms with Crippen molar-refractivity contribution in [2.75, 3.05) is 0 Å². The second-order valence-electron chi connectivity index (χ2n) is 2.56. The highest BCUT2D eigenvalue weighted by atomic mass is 79.9.